The van der Waals surface area contributed by atoms with E-state index < -0.39 is 0 Å². The normalized spacial score (nSPS) is 11.2. The molecule has 0 aromatic heterocycles. The highest BCUT2D eigenvalue weighted by molar-refractivity contribution is 5.85. The Morgan fingerprint density at radius 3 is 2.09 bits per heavy atom. The molecule has 0 rings (SSSR count). The molecule has 4 heteroatoms. The lowest BCUT2D eigenvalue weighted by molar-refractivity contribution is 0.554. The second-order valence-corrected chi connectivity index (χ2v) is 2.45. The third kappa shape index (κ3) is 13.5. The van der Waals surface area contributed by atoms with Crippen molar-refractivity contribution in [2.45, 2.75) is 38.6 Å². The predicted molar refractivity (Wildman–Crippen MR) is 55.7 cm³/mol. The Bertz CT molecular complexity index is 62.4. The fourth-order valence-corrected chi connectivity index (χ4v) is 0.755. The smallest absolute Gasteiger partial charge is 0.00362 e. The van der Waals surface area contributed by atoms with Gasteiger partial charge in [0.2, 0.25) is 0 Å². The molecule has 0 fully saturated rings. The first-order valence-electron chi connectivity index (χ1n) is 3.77. The van der Waals surface area contributed by atoms with E-state index >= 15 is 0 Å². The van der Waals surface area contributed by atoms with Crippen LogP contribution in [-0.2, 0) is 0 Å². The van der Waals surface area contributed by atoms with Crippen LogP contribution in [0.15, 0.2) is 0 Å². The Morgan fingerprint density at radius 2 is 1.73 bits per heavy atom. The molecule has 0 saturated heterocycles. The average Bonchev–Trinajstić information content (AvgIpc) is 1.89. The van der Waals surface area contributed by atoms with Crippen LogP contribution in [-0.4, -0.2) is 12.6 Å². The third-order valence-corrected chi connectivity index (χ3v) is 1.55. The van der Waals surface area contributed by atoms with Crippen molar-refractivity contribution < 1.29 is 0 Å². The zero-order chi connectivity index (χ0) is 7.11. The molecule has 1 atom stereocenters. The molecule has 0 aliphatic rings. The van der Waals surface area contributed by atoms with Crippen LogP contribution >= 0.6 is 24.8 Å². The van der Waals surface area contributed by atoms with Crippen molar-refractivity contribution >= 4 is 24.8 Å². The van der Waals surface area contributed by atoms with E-state index in [1.54, 1.807) is 0 Å². The highest BCUT2D eigenvalue weighted by Gasteiger charge is 1.96. The number of hydrogen-bond acceptors (Lipinski definition) is 2. The van der Waals surface area contributed by atoms with Crippen LogP contribution in [0, 0.1) is 0 Å². The van der Waals surface area contributed by atoms with E-state index in [1.807, 2.05) is 0 Å². The highest BCUT2D eigenvalue weighted by Crippen LogP contribution is 1.99. The molecule has 0 bridgehead atoms. The molecule has 72 valence electrons. The van der Waals surface area contributed by atoms with Crippen LogP contribution in [0.4, 0.5) is 0 Å². The Balaban J connectivity index is -0.000000320. The zero-order valence-corrected chi connectivity index (χ0v) is 8.72. The fourth-order valence-electron chi connectivity index (χ4n) is 0.755. The molecule has 2 nitrogen and oxygen atoms in total. The minimum absolute atomic E-state index is 0. The Labute approximate surface area is 81.9 Å². The summed E-state index contributed by atoms with van der Waals surface area (Å²) in [5, 5.41) is 0. The van der Waals surface area contributed by atoms with Gasteiger partial charge in [-0.25, -0.2) is 0 Å². The molecule has 0 radical (unpaired) electrons. The summed E-state index contributed by atoms with van der Waals surface area (Å²) in [5.41, 5.74) is 11.0. The van der Waals surface area contributed by atoms with E-state index in [0.717, 1.165) is 25.8 Å². The first kappa shape index (κ1) is 17.5. The van der Waals surface area contributed by atoms with Crippen molar-refractivity contribution in [3.8, 4) is 0 Å². The maximum atomic E-state index is 5.67. The number of halogens is 2. The number of hydrogen-bond donors (Lipinski definition) is 2. The summed E-state index contributed by atoms with van der Waals surface area (Å²) < 4.78 is 0. The second kappa shape index (κ2) is 13.1. The van der Waals surface area contributed by atoms with Gasteiger partial charge in [-0.15, -0.1) is 24.8 Å². The van der Waals surface area contributed by atoms with Crippen LogP contribution in [0.5, 0.6) is 0 Å². The average molecular weight is 203 g/mol. The van der Waals surface area contributed by atoms with Gasteiger partial charge in [0.05, 0.1) is 0 Å². The van der Waals surface area contributed by atoms with Crippen LogP contribution in [0.1, 0.15) is 32.6 Å². The van der Waals surface area contributed by atoms with Gasteiger partial charge >= 0.3 is 0 Å². The number of unbranched alkanes of at least 4 members (excludes halogenated alkanes) is 1. The topological polar surface area (TPSA) is 52.0 Å². The van der Waals surface area contributed by atoms with E-state index in [0.29, 0.717) is 6.04 Å². The summed E-state index contributed by atoms with van der Waals surface area (Å²) >= 11 is 0. The Hall–Kier alpha value is 0.500. The largest absolute Gasteiger partial charge is 0.330 e. The maximum Gasteiger partial charge on any atom is 0.00362 e. The van der Waals surface area contributed by atoms with Crippen molar-refractivity contribution in [3.63, 3.8) is 0 Å². The molecule has 4 N–H and O–H groups in total. The molecule has 0 amide bonds. The predicted octanol–water partition coefficient (Wildman–Crippen LogP) is 1.70. The Morgan fingerprint density at radius 1 is 1.18 bits per heavy atom. The van der Waals surface area contributed by atoms with E-state index in [4.69, 9.17) is 11.5 Å². The van der Waals surface area contributed by atoms with Gasteiger partial charge in [-0.1, -0.05) is 13.3 Å². The van der Waals surface area contributed by atoms with E-state index in [1.165, 1.54) is 6.42 Å². The van der Waals surface area contributed by atoms with E-state index in [9.17, 15) is 0 Å². The maximum absolute atomic E-state index is 5.67. The SMILES string of the molecule is CCC(N)CCCCN.Cl.Cl. The third-order valence-electron chi connectivity index (χ3n) is 1.55. The van der Waals surface area contributed by atoms with Gasteiger partial charge in [0, 0.05) is 6.04 Å². The molecular formula is C7H20Cl2N2. The van der Waals surface area contributed by atoms with Gasteiger partial charge in [0.1, 0.15) is 0 Å². The lowest BCUT2D eigenvalue weighted by Crippen LogP contribution is -2.18. The van der Waals surface area contributed by atoms with Crippen LogP contribution in [0.2, 0.25) is 0 Å². The first-order valence-corrected chi connectivity index (χ1v) is 3.77. The van der Waals surface area contributed by atoms with Gasteiger partial charge in [0.15, 0.2) is 0 Å². The molecule has 0 spiro atoms. The summed E-state index contributed by atoms with van der Waals surface area (Å²) in [6.45, 7) is 2.92. The molecule has 0 saturated carbocycles. The fraction of sp³-hybridized carbons (Fsp3) is 1.00. The first-order chi connectivity index (χ1) is 4.31. The summed E-state index contributed by atoms with van der Waals surface area (Å²) in [6, 6.07) is 0.400. The van der Waals surface area contributed by atoms with Crippen molar-refractivity contribution in [3.05, 3.63) is 0 Å². The van der Waals surface area contributed by atoms with Gasteiger partial charge in [-0.05, 0) is 25.8 Å². The van der Waals surface area contributed by atoms with Gasteiger partial charge in [0.25, 0.3) is 0 Å². The second-order valence-electron chi connectivity index (χ2n) is 2.45. The molecule has 0 aromatic carbocycles. The number of rotatable bonds is 5. The van der Waals surface area contributed by atoms with E-state index in [-0.39, 0.29) is 24.8 Å². The van der Waals surface area contributed by atoms with Gasteiger partial charge < -0.3 is 11.5 Å². The van der Waals surface area contributed by atoms with E-state index in [2.05, 4.69) is 6.92 Å². The van der Waals surface area contributed by atoms with Crippen LogP contribution < -0.4 is 11.5 Å². The van der Waals surface area contributed by atoms with Crippen molar-refractivity contribution in [2.75, 3.05) is 6.54 Å². The van der Waals surface area contributed by atoms with Crippen molar-refractivity contribution in [1.29, 1.82) is 0 Å². The van der Waals surface area contributed by atoms with Crippen molar-refractivity contribution in [2.24, 2.45) is 11.5 Å². The zero-order valence-electron chi connectivity index (χ0n) is 7.08. The van der Waals surface area contributed by atoms with Crippen molar-refractivity contribution in [1.82, 2.24) is 0 Å². The Kier molecular flexibility index (Phi) is 20.9. The quantitative estimate of drug-likeness (QED) is 0.668. The van der Waals surface area contributed by atoms with Gasteiger partial charge in [-0.3, -0.25) is 0 Å². The minimum Gasteiger partial charge on any atom is -0.330 e. The summed E-state index contributed by atoms with van der Waals surface area (Å²) in [6.07, 6.45) is 4.53. The molecule has 0 aliphatic carbocycles. The molecule has 11 heavy (non-hydrogen) atoms. The minimum atomic E-state index is 0. The molecule has 0 aliphatic heterocycles. The van der Waals surface area contributed by atoms with Crippen LogP contribution in [0.25, 0.3) is 0 Å². The molecule has 0 heterocycles. The standard InChI is InChI=1S/C7H18N2.2ClH/c1-2-7(9)5-3-4-6-8;;/h7H,2-6,8-9H2,1H3;2*1H. The molecule has 1 unspecified atom stereocenters. The van der Waals surface area contributed by atoms with Gasteiger partial charge in [-0.2, -0.15) is 0 Å². The summed E-state index contributed by atoms with van der Waals surface area (Å²) in [4.78, 5) is 0. The lowest BCUT2D eigenvalue weighted by atomic mass is 10.1. The lowest BCUT2D eigenvalue weighted by Gasteiger charge is -2.05. The van der Waals surface area contributed by atoms with Crippen LogP contribution in [0.3, 0.4) is 0 Å². The monoisotopic (exact) mass is 202 g/mol. The highest BCUT2D eigenvalue weighted by atomic mass is 35.5. The molecule has 0 aromatic rings. The summed E-state index contributed by atoms with van der Waals surface area (Å²) in [7, 11) is 0. The number of nitrogens with two attached hydrogens (primary N) is 2. The summed E-state index contributed by atoms with van der Waals surface area (Å²) in [5.74, 6) is 0. The molecular weight excluding hydrogens is 183 g/mol.